The lowest BCUT2D eigenvalue weighted by Crippen LogP contribution is -2.27. The summed E-state index contributed by atoms with van der Waals surface area (Å²) in [6, 6.07) is 4.99. The summed E-state index contributed by atoms with van der Waals surface area (Å²) in [6.07, 6.45) is 6.13. The molecule has 0 bridgehead atoms. The van der Waals surface area contributed by atoms with Crippen LogP contribution in [0.1, 0.15) is 35.1 Å². The summed E-state index contributed by atoms with van der Waals surface area (Å²) in [5.74, 6) is -0.217. The Hall–Kier alpha value is -2.43. The monoisotopic (exact) mass is 325 g/mol. The largest absolute Gasteiger partial charge is 0.345 e. The van der Waals surface area contributed by atoms with E-state index in [0.29, 0.717) is 17.6 Å². The van der Waals surface area contributed by atoms with Gasteiger partial charge in [-0.25, -0.2) is 9.37 Å². The minimum Gasteiger partial charge on any atom is -0.345 e. The third kappa shape index (κ3) is 2.11. The normalized spacial score (nSPS) is 17.5. The number of aromatic nitrogens is 3. The van der Waals surface area contributed by atoms with Crippen LogP contribution in [0.2, 0.25) is 0 Å². The first-order valence-electron chi connectivity index (χ1n) is 8.40. The smallest absolute Gasteiger partial charge is 0.170 e. The Morgan fingerprint density at radius 1 is 1.38 bits per heavy atom. The van der Waals surface area contributed by atoms with E-state index in [-0.39, 0.29) is 17.5 Å². The van der Waals surface area contributed by atoms with Gasteiger partial charge in [-0.2, -0.15) is 0 Å². The van der Waals surface area contributed by atoms with E-state index in [9.17, 15) is 9.18 Å². The highest BCUT2D eigenvalue weighted by Crippen LogP contribution is 2.35. The third-order valence-electron chi connectivity index (χ3n) is 5.21. The first-order valence-corrected chi connectivity index (χ1v) is 8.40. The molecule has 3 aromatic rings. The maximum absolute atomic E-state index is 14.2. The van der Waals surface area contributed by atoms with E-state index >= 15 is 0 Å². The summed E-state index contributed by atoms with van der Waals surface area (Å²) >= 11 is 0. The van der Waals surface area contributed by atoms with E-state index < -0.39 is 0 Å². The predicted molar refractivity (Wildman–Crippen MR) is 90.6 cm³/mol. The van der Waals surface area contributed by atoms with Crippen LogP contribution >= 0.6 is 0 Å². The number of fused-ring (bicyclic) bond motifs is 3. The molecular weight excluding hydrogens is 305 g/mol. The molecule has 4 rings (SSSR count). The van der Waals surface area contributed by atoms with Gasteiger partial charge < -0.3 is 9.13 Å². The molecule has 5 heteroatoms. The fourth-order valence-corrected chi connectivity index (χ4v) is 3.95. The van der Waals surface area contributed by atoms with Crippen molar-refractivity contribution in [2.24, 2.45) is 13.0 Å². The molecule has 2 aromatic heterocycles. The van der Waals surface area contributed by atoms with Crippen LogP contribution in [-0.2, 0) is 26.4 Å². The topological polar surface area (TPSA) is 39.8 Å². The van der Waals surface area contributed by atoms with Gasteiger partial charge in [0.2, 0.25) is 0 Å². The Morgan fingerprint density at radius 3 is 3.00 bits per heavy atom. The van der Waals surface area contributed by atoms with Gasteiger partial charge in [-0.15, -0.1) is 0 Å². The van der Waals surface area contributed by atoms with Crippen molar-refractivity contribution in [2.75, 3.05) is 0 Å². The number of Topliss-reactive ketones (excluding diaryl/α,β-unsaturated/α-hetero) is 1. The Morgan fingerprint density at radius 2 is 2.21 bits per heavy atom. The van der Waals surface area contributed by atoms with Crippen LogP contribution in [-0.4, -0.2) is 19.9 Å². The van der Waals surface area contributed by atoms with E-state index in [2.05, 4.69) is 16.5 Å². The number of rotatable bonds is 3. The molecule has 1 aliphatic rings. The van der Waals surface area contributed by atoms with Crippen LogP contribution in [0.15, 0.2) is 30.7 Å². The molecule has 1 aromatic carbocycles. The van der Waals surface area contributed by atoms with Crippen LogP contribution in [0.25, 0.3) is 10.9 Å². The van der Waals surface area contributed by atoms with Crippen molar-refractivity contribution in [2.45, 2.75) is 32.7 Å². The molecule has 2 heterocycles. The highest BCUT2D eigenvalue weighted by atomic mass is 19.1. The van der Waals surface area contributed by atoms with Gasteiger partial charge in [-0.05, 0) is 25.3 Å². The molecular formula is C19H20FN3O. The molecule has 1 aliphatic carbocycles. The summed E-state index contributed by atoms with van der Waals surface area (Å²) in [7, 11) is 1.85. The highest BCUT2D eigenvalue weighted by molar-refractivity contribution is 6.11. The van der Waals surface area contributed by atoms with Crippen molar-refractivity contribution in [1.82, 2.24) is 14.1 Å². The molecule has 0 radical (unpaired) electrons. The van der Waals surface area contributed by atoms with Gasteiger partial charge in [-0.3, -0.25) is 4.79 Å². The average Bonchev–Trinajstić information content (AvgIpc) is 3.14. The quantitative estimate of drug-likeness (QED) is 0.739. The number of halogens is 1. The molecule has 1 atom stereocenters. The standard InChI is InChI=1S/C19H20FN3O/c1-3-13-9-21-11-23(13)10-12-7-8-16-17(19(12)24)14-5-4-6-15(20)18(14)22(16)2/h4-6,9,11-12H,3,7-8,10H2,1-2H3. The van der Waals surface area contributed by atoms with Gasteiger partial charge in [-0.1, -0.05) is 19.1 Å². The molecule has 0 aliphatic heterocycles. The summed E-state index contributed by atoms with van der Waals surface area (Å²) < 4.78 is 18.1. The minimum atomic E-state index is -0.267. The highest BCUT2D eigenvalue weighted by Gasteiger charge is 2.33. The van der Waals surface area contributed by atoms with Crippen LogP contribution in [0.4, 0.5) is 4.39 Å². The van der Waals surface area contributed by atoms with Gasteiger partial charge in [0.25, 0.3) is 0 Å². The molecule has 0 spiro atoms. The fraction of sp³-hybridized carbons (Fsp3) is 0.368. The van der Waals surface area contributed by atoms with Gasteiger partial charge in [0.05, 0.1) is 11.8 Å². The number of aryl methyl sites for hydroxylation is 2. The number of ketones is 1. The van der Waals surface area contributed by atoms with Gasteiger partial charge in [0.1, 0.15) is 5.82 Å². The van der Waals surface area contributed by atoms with E-state index in [1.54, 1.807) is 12.4 Å². The lowest BCUT2D eigenvalue weighted by atomic mass is 9.85. The van der Waals surface area contributed by atoms with Gasteiger partial charge in [0, 0.05) is 48.0 Å². The van der Waals surface area contributed by atoms with E-state index in [0.717, 1.165) is 36.0 Å². The number of nitrogens with zero attached hydrogens (tertiary/aromatic N) is 3. The zero-order chi connectivity index (χ0) is 16.8. The number of hydrogen-bond donors (Lipinski definition) is 0. The number of carbonyl (C=O) groups is 1. The van der Waals surface area contributed by atoms with Gasteiger partial charge in [0.15, 0.2) is 5.78 Å². The van der Waals surface area contributed by atoms with Crippen molar-refractivity contribution < 1.29 is 9.18 Å². The van der Waals surface area contributed by atoms with Crippen molar-refractivity contribution in [3.8, 4) is 0 Å². The van der Waals surface area contributed by atoms with Crippen molar-refractivity contribution in [1.29, 1.82) is 0 Å². The first kappa shape index (κ1) is 15.1. The van der Waals surface area contributed by atoms with E-state index in [1.807, 2.05) is 23.9 Å². The Labute approximate surface area is 139 Å². The molecule has 0 N–H and O–H groups in total. The number of para-hydroxylation sites is 1. The molecule has 0 saturated heterocycles. The van der Waals surface area contributed by atoms with E-state index in [4.69, 9.17) is 0 Å². The van der Waals surface area contributed by atoms with Crippen LogP contribution in [0.5, 0.6) is 0 Å². The second-order valence-corrected chi connectivity index (χ2v) is 6.51. The average molecular weight is 325 g/mol. The Balaban J connectivity index is 1.76. The zero-order valence-electron chi connectivity index (χ0n) is 13.9. The molecule has 0 saturated carbocycles. The van der Waals surface area contributed by atoms with Gasteiger partial charge >= 0.3 is 0 Å². The number of imidazole rings is 1. The predicted octanol–water partition coefficient (Wildman–Crippen LogP) is 3.52. The lowest BCUT2D eigenvalue weighted by Gasteiger charge is -2.23. The fourth-order valence-electron chi connectivity index (χ4n) is 3.95. The number of carbonyl (C=O) groups excluding carboxylic acids is 1. The zero-order valence-corrected chi connectivity index (χ0v) is 13.9. The van der Waals surface area contributed by atoms with Crippen molar-refractivity contribution in [3.05, 3.63) is 53.5 Å². The molecule has 1 unspecified atom stereocenters. The summed E-state index contributed by atoms with van der Waals surface area (Å²) in [6.45, 7) is 2.73. The minimum absolute atomic E-state index is 0.0779. The summed E-state index contributed by atoms with van der Waals surface area (Å²) in [4.78, 5) is 17.3. The molecule has 124 valence electrons. The van der Waals surface area contributed by atoms with E-state index in [1.165, 1.54) is 6.07 Å². The maximum Gasteiger partial charge on any atom is 0.170 e. The number of hydrogen-bond acceptors (Lipinski definition) is 2. The van der Waals surface area contributed by atoms with Crippen molar-refractivity contribution in [3.63, 3.8) is 0 Å². The SMILES string of the molecule is CCc1cncn1CC1CCc2c(c3cccc(F)c3n2C)C1=O. The Kier molecular flexibility index (Phi) is 3.52. The number of benzene rings is 1. The van der Waals surface area contributed by atoms with Crippen LogP contribution in [0.3, 0.4) is 0 Å². The summed E-state index contributed by atoms with van der Waals surface area (Å²) in [5, 5.41) is 0.739. The second kappa shape index (κ2) is 5.58. The lowest BCUT2D eigenvalue weighted by molar-refractivity contribution is 0.0888. The maximum atomic E-state index is 14.2. The molecule has 0 fully saturated rings. The van der Waals surface area contributed by atoms with Crippen LogP contribution in [0, 0.1) is 11.7 Å². The Bertz CT molecular complexity index is 938. The third-order valence-corrected chi connectivity index (χ3v) is 5.21. The molecule has 0 amide bonds. The van der Waals surface area contributed by atoms with Crippen molar-refractivity contribution >= 4 is 16.7 Å². The second-order valence-electron chi connectivity index (χ2n) is 6.51. The molecule has 4 nitrogen and oxygen atoms in total. The van der Waals surface area contributed by atoms with Crippen LogP contribution < -0.4 is 0 Å². The summed E-state index contributed by atoms with van der Waals surface area (Å²) in [5.41, 5.74) is 3.34. The molecule has 24 heavy (non-hydrogen) atoms. The first-order chi connectivity index (χ1) is 11.6.